The molecule has 0 saturated heterocycles. The summed E-state index contributed by atoms with van der Waals surface area (Å²) in [6.07, 6.45) is 0.322. The van der Waals surface area contributed by atoms with Crippen LogP contribution in [0.25, 0.3) is 0 Å². The van der Waals surface area contributed by atoms with Crippen molar-refractivity contribution in [1.82, 2.24) is 5.32 Å². The van der Waals surface area contributed by atoms with Crippen molar-refractivity contribution in [3.63, 3.8) is 0 Å². The summed E-state index contributed by atoms with van der Waals surface area (Å²) in [5.74, 6) is -1.47. The van der Waals surface area contributed by atoms with Crippen LogP contribution in [0.5, 0.6) is 5.75 Å². The van der Waals surface area contributed by atoms with Crippen molar-refractivity contribution < 1.29 is 28.6 Å². The van der Waals surface area contributed by atoms with Crippen LogP contribution in [0.15, 0.2) is 29.8 Å². The Morgan fingerprint density at radius 2 is 1.93 bits per heavy atom. The second-order valence-electron chi connectivity index (χ2n) is 5.37. The molecule has 0 aliphatic carbocycles. The lowest BCUT2D eigenvalue weighted by molar-refractivity contribution is -0.166. The molecule has 1 rings (SSSR count). The molecular weight excluding hydrogens is 397 g/mol. The molecule has 1 unspecified atom stereocenters. The van der Waals surface area contributed by atoms with Gasteiger partial charge in [0.15, 0.2) is 6.61 Å². The minimum atomic E-state index is -1.24. The van der Waals surface area contributed by atoms with E-state index in [1.54, 1.807) is 26.0 Å². The van der Waals surface area contributed by atoms with Gasteiger partial charge in [-0.15, -0.1) is 0 Å². The van der Waals surface area contributed by atoms with Gasteiger partial charge in [0.25, 0.3) is 0 Å². The Morgan fingerprint density at radius 3 is 2.52 bits per heavy atom. The molecule has 0 saturated carbocycles. The average molecular weight is 418 g/mol. The van der Waals surface area contributed by atoms with E-state index in [9.17, 15) is 14.4 Å². The van der Waals surface area contributed by atoms with Crippen LogP contribution in [-0.4, -0.2) is 43.7 Å². The summed E-state index contributed by atoms with van der Waals surface area (Å²) in [4.78, 5) is 35.1. The third kappa shape index (κ3) is 8.32. The maximum absolute atomic E-state index is 12.1. The van der Waals surface area contributed by atoms with E-state index < -0.39 is 24.6 Å². The fourth-order valence-electron chi connectivity index (χ4n) is 1.90. The van der Waals surface area contributed by atoms with E-state index in [2.05, 4.69) is 5.32 Å². The summed E-state index contributed by atoms with van der Waals surface area (Å²) < 4.78 is 15.4. The number of ether oxygens (including phenoxy) is 3. The highest BCUT2D eigenvalue weighted by Crippen LogP contribution is 2.27. The number of carbonyl (C=O) groups is 3. The quantitative estimate of drug-likeness (QED) is 0.490. The van der Waals surface area contributed by atoms with Crippen molar-refractivity contribution in [3.8, 4) is 5.75 Å². The molecule has 148 valence electrons. The van der Waals surface area contributed by atoms with Gasteiger partial charge < -0.3 is 19.5 Å². The maximum Gasteiger partial charge on any atom is 0.351 e. The largest absolute Gasteiger partial charge is 0.480 e. The lowest BCUT2D eigenvalue weighted by Crippen LogP contribution is -2.33. The smallest absolute Gasteiger partial charge is 0.351 e. The highest BCUT2D eigenvalue weighted by atomic mass is 35.5. The number of esters is 2. The zero-order chi connectivity index (χ0) is 20.4. The van der Waals surface area contributed by atoms with E-state index >= 15 is 0 Å². The van der Waals surface area contributed by atoms with Gasteiger partial charge in [-0.2, -0.15) is 0 Å². The van der Waals surface area contributed by atoms with Crippen molar-refractivity contribution in [3.05, 3.63) is 39.9 Å². The van der Waals surface area contributed by atoms with E-state index in [-0.39, 0.29) is 29.8 Å². The number of halogens is 2. The van der Waals surface area contributed by atoms with Crippen LogP contribution in [0.3, 0.4) is 0 Å². The van der Waals surface area contributed by atoms with Crippen molar-refractivity contribution >= 4 is 41.0 Å². The lowest BCUT2D eigenvalue weighted by atomic mass is 10.1. The van der Waals surface area contributed by atoms with Crippen LogP contribution >= 0.6 is 23.2 Å². The van der Waals surface area contributed by atoms with Gasteiger partial charge in [-0.1, -0.05) is 29.3 Å². The Balaban J connectivity index is 2.74. The molecule has 27 heavy (non-hydrogen) atoms. The maximum atomic E-state index is 12.1. The van der Waals surface area contributed by atoms with E-state index in [0.717, 1.165) is 0 Å². The molecule has 0 bridgehead atoms. The van der Waals surface area contributed by atoms with Crippen LogP contribution in [0.1, 0.15) is 20.8 Å². The Kier molecular flexibility index (Phi) is 9.67. The van der Waals surface area contributed by atoms with Gasteiger partial charge in [0.05, 0.1) is 11.6 Å². The van der Waals surface area contributed by atoms with Crippen molar-refractivity contribution in [1.29, 1.82) is 0 Å². The molecule has 0 heterocycles. The fraction of sp³-hybridized carbons (Fsp3) is 0.389. The zero-order valence-corrected chi connectivity index (χ0v) is 16.7. The van der Waals surface area contributed by atoms with Gasteiger partial charge in [0.2, 0.25) is 12.0 Å². The summed E-state index contributed by atoms with van der Waals surface area (Å²) in [6.45, 7) is 4.45. The number of benzene rings is 1. The first-order valence-electron chi connectivity index (χ1n) is 8.09. The molecule has 1 aromatic rings. The number of hydrogen-bond donors (Lipinski definition) is 1. The summed E-state index contributed by atoms with van der Waals surface area (Å²) >= 11 is 11.8. The Morgan fingerprint density at radius 1 is 1.22 bits per heavy atom. The van der Waals surface area contributed by atoms with Crippen molar-refractivity contribution in [2.24, 2.45) is 0 Å². The normalized spacial score (nSPS) is 12.1. The van der Waals surface area contributed by atoms with E-state index in [1.165, 1.54) is 19.1 Å². The molecule has 0 spiro atoms. The topological polar surface area (TPSA) is 90.9 Å². The summed E-state index contributed by atoms with van der Waals surface area (Å²) in [7, 11) is 0. The number of rotatable bonds is 9. The lowest BCUT2D eigenvalue weighted by Gasteiger charge is -2.18. The van der Waals surface area contributed by atoms with Crippen LogP contribution in [0, 0.1) is 0 Å². The standard InChI is InChI=1S/C18H21Cl2NO6/c1-4-25-18(24)17(11(2)7-8-21-12(3)22)27-16(23)10-26-15-6-5-13(19)9-14(15)20/h5-7,9,17H,4,8,10H2,1-3H3,(H,21,22). The highest BCUT2D eigenvalue weighted by molar-refractivity contribution is 6.35. The first-order chi connectivity index (χ1) is 12.7. The first kappa shape index (κ1) is 22.8. The Bertz CT molecular complexity index is 720. The Labute approximate surface area is 167 Å². The molecule has 1 aromatic carbocycles. The number of carbonyl (C=O) groups excluding carboxylic acids is 3. The van der Waals surface area contributed by atoms with Gasteiger partial charge in [0, 0.05) is 18.5 Å². The van der Waals surface area contributed by atoms with Crippen LogP contribution < -0.4 is 10.1 Å². The van der Waals surface area contributed by atoms with E-state index in [1.807, 2.05) is 0 Å². The summed E-state index contributed by atoms with van der Waals surface area (Å²) in [5.41, 5.74) is 0.417. The molecule has 0 radical (unpaired) electrons. The van der Waals surface area contributed by atoms with Gasteiger partial charge >= 0.3 is 11.9 Å². The molecule has 1 atom stereocenters. The molecule has 0 aliphatic heterocycles. The van der Waals surface area contributed by atoms with E-state index in [4.69, 9.17) is 37.4 Å². The molecule has 7 nitrogen and oxygen atoms in total. The first-order valence-corrected chi connectivity index (χ1v) is 8.85. The molecule has 0 fully saturated rings. The third-order valence-electron chi connectivity index (χ3n) is 3.18. The number of amides is 1. The van der Waals surface area contributed by atoms with Crippen LogP contribution in [0.4, 0.5) is 0 Å². The van der Waals surface area contributed by atoms with Crippen LogP contribution in [0.2, 0.25) is 10.0 Å². The minimum absolute atomic E-state index is 0.128. The van der Waals surface area contributed by atoms with Gasteiger partial charge in [0.1, 0.15) is 5.75 Å². The van der Waals surface area contributed by atoms with Gasteiger partial charge in [-0.05, 0) is 37.6 Å². The van der Waals surface area contributed by atoms with E-state index in [0.29, 0.717) is 10.6 Å². The van der Waals surface area contributed by atoms with Gasteiger partial charge in [-0.25, -0.2) is 9.59 Å². The zero-order valence-electron chi connectivity index (χ0n) is 15.2. The molecule has 0 aliphatic rings. The highest BCUT2D eigenvalue weighted by Gasteiger charge is 2.26. The SMILES string of the molecule is CCOC(=O)C(OC(=O)COc1ccc(Cl)cc1Cl)C(C)=CCNC(C)=O. The predicted molar refractivity (Wildman–Crippen MR) is 101 cm³/mol. The monoisotopic (exact) mass is 417 g/mol. The molecule has 0 aromatic heterocycles. The predicted octanol–water partition coefficient (Wildman–Crippen LogP) is 2.93. The van der Waals surface area contributed by atoms with Crippen molar-refractivity contribution in [2.75, 3.05) is 19.8 Å². The fourth-order valence-corrected chi connectivity index (χ4v) is 2.37. The average Bonchev–Trinajstić information content (AvgIpc) is 2.58. The summed E-state index contributed by atoms with van der Waals surface area (Å²) in [6, 6.07) is 4.55. The Hall–Kier alpha value is -2.25. The van der Waals surface area contributed by atoms with Crippen LogP contribution in [-0.2, 0) is 23.9 Å². The second-order valence-corrected chi connectivity index (χ2v) is 6.21. The van der Waals surface area contributed by atoms with Crippen molar-refractivity contribution in [2.45, 2.75) is 26.9 Å². The number of nitrogens with one attached hydrogen (secondary N) is 1. The van der Waals surface area contributed by atoms with Gasteiger partial charge in [-0.3, -0.25) is 4.79 Å². The third-order valence-corrected chi connectivity index (χ3v) is 3.71. The molecule has 9 heteroatoms. The second kappa shape index (κ2) is 11.5. The molecule has 1 N–H and O–H groups in total. The molecular formula is C18H21Cl2NO6. The minimum Gasteiger partial charge on any atom is -0.480 e. The summed E-state index contributed by atoms with van der Waals surface area (Å²) in [5, 5.41) is 3.22. The number of hydrogen-bond acceptors (Lipinski definition) is 6. The molecule has 1 amide bonds.